The van der Waals surface area contributed by atoms with Crippen LogP contribution in [0.25, 0.3) is 0 Å². The Morgan fingerprint density at radius 2 is 2.05 bits per heavy atom. The van der Waals surface area contributed by atoms with Gasteiger partial charge in [-0.2, -0.15) is 0 Å². The fourth-order valence-electron chi connectivity index (χ4n) is 2.42. The quantitative estimate of drug-likeness (QED) is 0.670. The van der Waals surface area contributed by atoms with Gasteiger partial charge >= 0.3 is 5.97 Å². The number of aliphatic carboxylic acids is 1. The molecule has 1 aromatic rings. The van der Waals surface area contributed by atoms with Gasteiger partial charge in [0.25, 0.3) is 0 Å². The van der Waals surface area contributed by atoms with Crippen LogP contribution < -0.4 is 4.74 Å². The molecule has 5 heteroatoms. The molecule has 1 N–H and O–H groups in total. The molecule has 5 nitrogen and oxygen atoms in total. The summed E-state index contributed by atoms with van der Waals surface area (Å²) in [7, 11) is 1.32. The van der Waals surface area contributed by atoms with Crippen molar-refractivity contribution in [1.82, 2.24) is 0 Å². The van der Waals surface area contributed by atoms with Gasteiger partial charge in [-0.1, -0.05) is 48.5 Å². The molecule has 0 spiro atoms. The summed E-state index contributed by atoms with van der Waals surface area (Å²) in [6.07, 6.45) is 7.20. The number of nitrogens with zero attached hydrogens (tertiary/aromatic N) is 1. The minimum Gasteiger partial charge on any atom is -0.477 e. The molecule has 2 unspecified atom stereocenters. The van der Waals surface area contributed by atoms with E-state index in [0.29, 0.717) is 5.75 Å². The van der Waals surface area contributed by atoms with Crippen molar-refractivity contribution < 1.29 is 19.5 Å². The van der Waals surface area contributed by atoms with Gasteiger partial charge in [-0.25, -0.2) is 4.79 Å². The Balaban J connectivity index is 2.54. The van der Waals surface area contributed by atoms with E-state index < -0.39 is 11.6 Å². The highest BCUT2D eigenvalue weighted by Crippen LogP contribution is 2.33. The van der Waals surface area contributed by atoms with Crippen LogP contribution in [0.1, 0.15) is 12.5 Å². The van der Waals surface area contributed by atoms with E-state index in [1.807, 2.05) is 50.3 Å². The summed E-state index contributed by atoms with van der Waals surface area (Å²) in [6.45, 7) is 3.79. The van der Waals surface area contributed by atoms with E-state index in [2.05, 4.69) is 5.16 Å². The third kappa shape index (κ3) is 2.88. The second kappa shape index (κ2) is 6.47. The lowest BCUT2D eigenvalue weighted by atomic mass is 9.80. The van der Waals surface area contributed by atoms with Crippen LogP contribution in [0, 0.1) is 12.8 Å². The molecule has 0 saturated carbocycles. The van der Waals surface area contributed by atoms with Crippen LogP contribution >= 0.6 is 0 Å². The van der Waals surface area contributed by atoms with Crippen LogP contribution in [-0.2, 0) is 9.63 Å². The first-order valence-corrected chi connectivity index (χ1v) is 6.97. The van der Waals surface area contributed by atoms with Gasteiger partial charge in [-0.05, 0) is 24.6 Å². The Bertz CT molecular complexity index is 648. The normalized spacial score (nSPS) is 24.1. The summed E-state index contributed by atoms with van der Waals surface area (Å²) in [5.74, 6) is -0.788. The largest absolute Gasteiger partial charge is 0.477 e. The molecule has 2 rings (SSSR count). The van der Waals surface area contributed by atoms with E-state index in [-0.39, 0.29) is 11.6 Å². The predicted octanol–water partition coefficient (Wildman–Crippen LogP) is 2.96. The Kier molecular flexibility index (Phi) is 4.65. The number of benzene rings is 1. The van der Waals surface area contributed by atoms with Crippen molar-refractivity contribution in [2.45, 2.75) is 19.4 Å². The summed E-state index contributed by atoms with van der Waals surface area (Å²) in [5, 5.41) is 13.2. The van der Waals surface area contributed by atoms with Crippen molar-refractivity contribution in [1.29, 1.82) is 0 Å². The SMILES string of the molecule is CO/N=C(/C(=O)O)C1(Oc2ccccc2C)C=CC=CC1C. The number of carbonyl (C=O) groups is 1. The van der Waals surface area contributed by atoms with Crippen LogP contribution in [0.4, 0.5) is 0 Å². The third-order valence-electron chi connectivity index (χ3n) is 3.66. The van der Waals surface area contributed by atoms with Crippen LogP contribution in [-0.4, -0.2) is 29.5 Å². The van der Waals surface area contributed by atoms with Crippen LogP contribution in [0.5, 0.6) is 5.75 Å². The van der Waals surface area contributed by atoms with E-state index in [0.717, 1.165) is 5.56 Å². The number of rotatable bonds is 5. The Hall–Kier alpha value is -2.56. The van der Waals surface area contributed by atoms with E-state index in [1.54, 1.807) is 12.2 Å². The number of oxime groups is 1. The highest BCUT2D eigenvalue weighted by Gasteiger charge is 2.46. The van der Waals surface area contributed by atoms with E-state index >= 15 is 0 Å². The van der Waals surface area contributed by atoms with Gasteiger partial charge in [-0.15, -0.1) is 0 Å². The Morgan fingerprint density at radius 3 is 2.64 bits per heavy atom. The zero-order valence-electron chi connectivity index (χ0n) is 12.8. The van der Waals surface area contributed by atoms with Gasteiger partial charge in [-0.3, -0.25) is 0 Å². The van der Waals surface area contributed by atoms with Gasteiger partial charge in [0, 0.05) is 5.92 Å². The van der Waals surface area contributed by atoms with Gasteiger partial charge in [0.1, 0.15) is 12.9 Å². The predicted molar refractivity (Wildman–Crippen MR) is 84.1 cm³/mol. The lowest BCUT2D eigenvalue weighted by Gasteiger charge is -2.36. The van der Waals surface area contributed by atoms with Crippen molar-refractivity contribution in [3.63, 3.8) is 0 Å². The fourth-order valence-corrected chi connectivity index (χ4v) is 2.42. The van der Waals surface area contributed by atoms with Crippen molar-refractivity contribution in [2.24, 2.45) is 11.1 Å². The molecule has 0 heterocycles. The van der Waals surface area contributed by atoms with Crippen LogP contribution in [0.15, 0.2) is 53.7 Å². The van der Waals surface area contributed by atoms with Gasteiger partial charge in [0.05, 0.1) is 0 Å². The highest BCUT2D eigenvalue weighted by molar-refractivity contribution is 6.39. The first-order valence-electron chi connectivity index (χ1n) is 6.97. The molecule has 1 aliphatic rings. The summed E-state index contributed by atoms with van der Waals surface area (Å²) in [6, 6.07) is 7.46. The van der Waals surface area contributed by atoms with Crippen LogP contribution in [0.3, 0.4) is 0 Å². The molecule has 0 radical (unpaired) electrons. The lowest BCUT2D eigenvalue weighted by molar-refractivity contribution is -0.130. The molecule has 0 saturated heterocycles. The van der Waals surface area contributed by atoms with E-state index in [9.17, 15) is 9.90 Å². The standard InChI is InChI=1S/C17H19NO4/c1-12-8-4-5-10-14(12)22-17(11-7-6-9-13(17)2)15(16(19)20)18-21-3/h4-11,13H,1-3H3,(H,19,20)/b18-15-. The number of allylic oxidation sites excluding steroid dienone is 2. The van der Waals surface area contributed by atoms with Gasteiger partial charge < -0.3 is 14.7 Å². The second-order valence-electron chi connectivity index (χ2n) is 5.12. The maximum Gasteiger partial charge on any atom is 0.358 e. The summed E-state index contributed by atoms with van der Waals surface area (Å²) in [5.41, 5.74) is -0.492. The molecule has 1 aromatic carbocycles. The monoisotopic (exact) mass is 301 g/mol. The first-order chi connectivity index (χ1) is 10.5. The number of carboxylic acid groups (broad SMARTS) is 1. The Morgan fingerprint density at radius 1 is 1.32 bits per heavy atom. The Labute approximate surface area is 129 Å². The number of hydrogen-bond donors (Lipinski definition) is 1. The zero-order chi connectivity index (χ0) is 16.2. The number of aryl methyl sites for hydroxylation is 1. The molecule has 0 aliphatic heterocycles. The maximum atomic E-state index is 11.7. The molecule has 2 atom stereocenters. The summed E-state index contributed by atoms with van der Waals surface area (Å²) < 4.78 is 6.13. The summed E-state index contributed by atoms with van der Waals surface area (Å²) in [4.78, 5) is 16.4. The van der Waals surface area contributed by atoms with E-state index in [1.165, 1.54) is 7.11 Å². The second-order valence-corrected chi connectivity index (χ2v) is 5.12. The molecule has 1 aliphatic carbocycles. The number of para-hydroxylation sites is 1. The van der Waals surface area contributed by atoms with Crippen molar-refractivity contribution in [3.05, 3.63) is 54.1 Å². The molecular weight excluding hydrogens is 282 g/mol. The third-order valence-corrected chi connectivity index (χ3v) is 3.66. The van der Waals surface area contributed by atoms with E-state index in [4.69, 9.17) is 9.57 Å². The van der Waals surface area contributed by atoms with Crippen molar-refractivity contribution in [3.8, 4) is 5.75 Å². The lowest BCUT2D eigenvalue weighted by Crippen LogP contribution is -2.52. The van der Waals surface area contributed by atoms with Crippen molar-refractivity contribution in [2.75, 3.05) is 7.11 Å². The summed E-state index contributed by atoms with van der Waals surface area (Å²) >= 11 is 0. The minimum absolute atomic E-state index is 0.189. The average Bonchev–Trinajstić information content (AvgIpc) is 2.49. The van der Waals surface area contributed by atoms with Gasteiger partial charge in [0.15, 0.2) is 5.60 Å². The minimum atomic E-state index is -1.22. The maximum absolute atomic E-state index is 11.7. The molecule has 22 heavy (non-hydrogen) atoms. The topological polar surface area (TPSA) is 68.1 Å². The zero-order valence-corrected chi connectivity index (χ0v) is 12.8. The average molecular weight is 301 g/mol. The molecule has 116 valence electrons. The number of ether oxygens (including phenoxy) is 1. The first kappa shape index (κ1) is 15.8. The van der Waals surface area contributed by atoms with Crippen LogP contribution in [0.2, 0.25) is 0 Å². The fraction of sp³-hybridized carbons (Fsp3) is 0.294. The molecule has 0 aromatic heterocycles. The molecule has 0 amide bonds. The smallest absolute Gasteiger partial charge is 0.358 e. The van der Waals surface area contributed by atoms with Crippen molar-refractivity contribution >= 4 is 11.7 Å². The molecular formula is C17H19NO4. The van der Waals surface area contributed by atoms with Gasteiger partial charge in [0.2, 0.25) is 5.71 Å². The number of carboxylic acids is 1. The molecule has 0 fully saturated rings. The molecule has 0 bridgehead atoms. The highest BCUT2D eigenvalue weighted by atomic mass is 16.6. The number of hydrogen-bond acceptors (Lipinski definition) is 4.